The first-order valence-electron chi connectivity index (χ1n) is 12.0. The maximum absolute atomic E-state index is 6.93. The first-order valence-corrected chi connectivity index (χ1v) is 12.0. The van der Waals surface area contributed by atoms with Gasteiger partial charge in [-0.15, -0.1) is 0 Å². The summed E-state index contributed by atoms with van der Waals surface area (Å²) in [6.45, 7) is -0.0847. The molecule has 166 valence electrons. The molecule has 3 aliphatic heterocycles. The number of rotatable bonds is 0. The van der Waals surface area contributed by atoms with E-state index in [1.165, 1.54) is 0 Å². The van der Waals surface area contributed by atoms with Crippen LogP contribution in [0.1, 0.15) is 0 Å². The molecule has 5 nitrogen and oxygen atoms in total. The molecule has 10 rings (SSSR count). The lowest BCUT2D eigenvalue weighted by Gasteiger charge is -2.37. The molecule has 0 radical (unpaired) electrons. The highest BCUT2D eigenvalue weighted by Gasteiger charge is 2.48. The van der Waals surface area contributed by atoms with Crippen molar-refractivity contribution in [3.63, 3.8) is 0 Å². The van der Waals surface area contributed by atoms with Crippen molar-refractivity contribution in [2.45, 2.75) is 0 Å². The molecule has 5 aromatic carbocycles. The van der Waals surface area contributed by atoms with Gasteiger partial charge in [-0.2, -0.15) is 0 Å². The molecule has 0 bridgehead atoms. The van der Waals surface area contributed by atoms with Crippen LogP contribution in [0.3, 0.4) is 0 Å². The molecule has 0 saturated carbocycles. The Labute approximate surface area is 203 Å². The van der Waals surface area contributed by atoms with Gasteiger partial charge in [0.15, 0.2) is 0 Å². The summed E-state index contributed by atoms with van der Waals surface area (Å²) >= 11 is 0. The molecule has 2 aromatic heterocycles. The van der Waals surface area contributed by atoms with Crippen molar-refractivity contribution >= 4 is 67.0 Å². The fourth-order valence-electron chi connectivity index (χ4n) is 6.37. The van der Waals surface area contributed by atoms with E-state index >= 15 is 0 Å². The molecule has 0 amide bonds. The van der Waals surface area contributed by atoms with Crippen molar-refractivity contribution < 1.29 is 23.0 Å². The molecule has 7 aromatic rings. The second kappa shape index (κ2) is 5.69. The second-order valence-electron chi connectivity index (χ2n) is 9.58. The smallest absolute Gasteiger partial charge is 0.270 e. The summed E-state index contributed by atoms with van der Waals surface area (Å²) in [4.78, 5) is 0. The third kappa shape index (κ3) is 1.87. The molecule has 0 spiro atoms. The number of hydrogen-bond donors (Lipinski definition) is 0. The molecule has 6 heteroatoms. The zero-order valence-electron chi connectivity index (χ0n) is 18.6. The van der Waals surface area contributed by atoms with Crippen molar-refractivity contribution in [1.29, 1.82) is 0 Å². The summed E-state index contributed by atoms with van der Waals surface area (Å²) in [7, 11) is 0. The minimum absolute atomic E-state index is 0.0847. The normalized spacial score (nSPS) is 14.2. The zero-order valence-corrected chi connectivity index (χ0v) is 18.6. The number of benzene rings is 5. The van der Waals surface area contributed by atoms with Crippen molar-refractivity contribution in [2.24, 2.45) is 0 Å². The van der Waals surface area contributed by atoms with Gasteiger partial charge in [0, 0.05) is 39.3 Å². The van der Waals surface area contributed by atoms with Crippen LogP contribution >= 0.6 is 0 Å². The van der Waals surface area contributed by atoms with Crippen molar-refractivity contribution in [3.05, 3.63) is 78.9 Å². The van der Waals surface area contributed by atoms with Crippen molar-refractivity contribution in [1.82, 2.24) is 0 Å². The van der Waals surface area contributed by atoms with Gasteiger partial charge in [-0.25, -0.2) is 0 Å². The van der Waals surface area contributed by atoms with E-state index in [1.807, 2.05) is 66.7 Å². The monoisotopic (exact) mass is 464 g/mol. The third-order valence-corrected chi connectivity index (χ3v) is 7.78. The van der Waals surface area contributed by atoms with Crippen LogP contribution in [0.2, 0.25) is 0 Å². The largest absolute Gasteiger partial charge is 0.458 e. The van der Waals surface area contributed by atoms with Crippen molar-refractivity contribution in [2.75, 3.05) is 0 Å². The predicted octanol–water partition coefficient (Wildman–Crippen LogP) is 6.32. The van der Waals surface area contributed by atoms with E-state index in [-0.39, 0.29) is 6.71 Å². The molecule has 5 heterocycles. The summed E-state index contributed by atoms with van der Waals surface area (Å²) in [6, 6.07) is 26.1. The fourth-order valence-corrected chi connectivity index (χ4v) is 6.37. The van der Waals surface area contributed by atoms with Gasteiger partial charge in [-0.1, -0.05) is 42.5 Å². The minimum Gasteiger partial charge on any atom is -0.458 e. The maximum atomic E-state index is 6.93. The molecule has 0 saturated heterocycles. The molecule has 0 atom stereocenters. The van der Waals surface area contributed by atoms with Gasteiger partial charge in [-0.3, -0.25) is 0 Å². The highest BCUT2D eigenvalue weighted by atomic mass is 16.5. The molecular formula is C30H13BO5. The third-order valence-electron chi connectivity index (χ3n) is 7.78. The molecule has 0 unspecified atom stereocenters. The van der Waals surface area contributed by atoms with Crippen LogP contribution in [0.5, 0.6) is 34.5 Å². The van der Waals surface area contributed by atoms with E-state index in [1.54, 1.807) is 0 Å². The Kier molecular flexibility index (Phi) is 2.78. The molecule has 0 N–H and O–H groups in total. The number of fused-ring (bicyclic) bond motifs is 8. The van der Waals surface area contributed by atoms with E-state index in [0.29, 0.717) is 0 Å². The van der Waals surface area contributed by atoms with Crippen LogP contribution in [0.15, 0.2) is 87.7 Å². The van der Waals surface area contributed by atoms with E-state index in [9.17, 15) is 0 Å². The zero-order chi connectivity index (χ0) is 23.1. The molecular weight excluding hydrogens is 451 g/mol. The summed E-state index contributed by atoms with van der Waals surface area (Å²) in [6.07, 6.45) is 0. The lowest BCUT2D eigenvalue weighted by Crippen LogP contribution is -2.59. The lowest BCUT2D eigenvalue weighted by atomic mass is 9.33. The molecule has 3 aliphatic rings. The van der Waals surface area contributed by atoms with Gasteiger partial charge in [0.1, 0.15) is 56.8 Å². The average molecular weight is 464 g/mol. The van der Waals surface area contributed by atoms with Gasteiger partial charge < -0.3 is 23.0 Å². The Hall–Kier alpha value is -4.84. The number of ether oxygens (including phenoxy) is 3. The highest BCUT2D eigenvalue weighted by Crippen LogP contribution is 2.50. The van der Waals surface area contributed by atoms with Gasteiger partial charge in [0.2, 0.25) is 0 Å². The summed E-state index contributed by atoms with van der Waals surface area (Å²) in [5.74, 6) is 4.64. The SMILES string of the molecule is c1cc2c3c(c1)Oc1cc4oc5ccccc5c4c4c1B3c1c(cc3oc5ccccc5c3c1O4)O2. The molecule has 0 aliphatic carbocycles. The van der Waals surface area contributed by atoms with E-state index in [0.717, 1.165) is 94.8 Å². The lowest BCUT2D eigenvalue weighted by molar-refractivity contribution is 0.446. The van der Waals surface area contributed by atoms with Crippen LogP contribution in [-0.4, -0.2) is 6.71 Å². The quantitative estimate of drug-likeness (QED) is 0.246. The number of furan rings is 2. The van der Waals surface area contributed by atoms with Crippen LogP contribution in [0.25, 0.3) is 43.9 Å². The number of para-hydroxylation sites is 2. The Balaban J connectivity index is 1.44. The Morgan fingerprint density at radius 2 is 0.972 bits per heavy atom. The summed E-state index contributed by atoms with van der Waals surface area (Å²) in [5, 5.41) is 3.95. The van der Waals surface area contributed by atoms with Crippen LogP contribution in [0.4, 0.5) is 0 Å². The van der Waals surface area contributed by atoms with Gasteiger partial charge in [-0.05, 0) is 24.3 Å². The van der Waals surface area contributed by atoms with Crippen molar-refractivity contribution in [3.8, 4) is 34.5 Å². The Bertz CT molecular complexity index is 2000. The Morgan fingerprint density at radius 1 is 0.444 bits per heavy atom. The second-order valence-corrected chi connectivity index (χ2v) is 9.58. The maximum Gasteiger partial charge on any atom is 0.270 e. The summed E-state index contributed by atoms with van der Waals surface area (Å²) < 4.78 is 32.4. The standard InChI is InChI=1S/C30H13BO5/c1-3-8-16-14(6-1)24-20(32-16)12-22-27-29(24)36-30-25-15-7-2-4-9-17(15)33-21(25)13-23-28(30)31(27)26-18(34-22)10-5-11-19(26)35-23/h1-13H. The summed E-state index contributed by atoms with van der Waals surface area (Å²) in [5.41, 5.74) is 6.17. The van der Waals surface area contributed by atoms with Crippen LogP contribution < -0.4 is 30.6 Å². The molecule has 0 fully saturated rings. The van der Waals surface area contributed by atoms with Crippen LogP contribution in [0, 0.1) is 0 Å². The van der Waals surface area contributed by atoms with Crippen LogP contribution in [-0.2, 0) is 0 Å². The first-order chi connectivity index (χ1) is 17.8. The topological polar surface area (TPSA) is 54.0 Å². The van der Waals surface area contributed by atoms with Gasteiger partial charge in [0.25, 0.3) is 6.71 Å². The van der Waals surface area contributed by atoms with E-state index in [4.69, 9.17) is 23.0 Å². The highest BCUT2D eigenvalue weighted by molar-refractivity contribution is 7.00. The molecule has 36 heavy (non-hydrogen) atoms. The van der Waals surface area contributed by atoms with E-state index in [2.05, 4.69) is 12.1 Å². The number of hydrogen-bond acceptors (Lipinski definition) is 5. The first kappa shape index (κ1) is 17.6. The minimum atomic E-state index is -0.0847. The Morgan fingerprint density at radius 3 is 1.53 bits per heavy atom. The van der Waals surface area contributed by atoms with E-state index < -0.39 is 0 Å². The fraction of sp³-hybridized carbons (Fsp3) is 0. The van der Waals surface area contributed by atoms with Gasteiger partial charge in [0.05, 0.1) is 10.8 Å². The predicted molar refractivity (Wildman–Crippen MR) is 139 cm³/mol. The van der Waals surface area contributed by atoms with Gasteiger partial charge >= 0.3 is 0 Å². The average Bonchev–Trinajstić information content (AvgIpc) is 3.46.